The van der Waals surface area contributed by atoms with Crippen LogP contribution in [0, 0.1) is 5.92 Å². The molecule has 1 aliphatic heterocycles. The van der Waals surface area contributed by atoms with Crippen LogP contribution in [0.3, 0.4) is 0 Å². The van der Waals surface area contributed by atoms with Gasteiger partial charge < -0.3 is 15.6 Å². The monoisotopic (exact) mass is 187 g/mol. The first kappa shape index (κ1) is 11.0. The lowest BCUT2D eigenvalue weighted by atomic mass is 9.80. The van der Waals surface area contributed by atoms with Crippen LogP contribution in [0.25, 0.3) is 0 Å². The summed E-state index contributed by atoms with van der Waals surface area (Å²) in [4.78, 5) is 0. The van der Waals surface area contributed by atoms with Crippen molar-refractivity contribution < 1.29 is 9.84 Å². The van der Waals surface area contributed by atoms with Crippen LogP contribution in [-0.2, 0) is 4.74 Å². The van der Waals surface area contributed by atoms with Crippen LogP contribution in [0.1, 0.15) is 32.6 Å². The number of aliphatic hydroxyl groups is 1. The summed E-state index contributed by atoms with van der Waals surface area (Å²) in [7, 11) is 0. The first-order valence-electron chi connectivity index (χ1n) is 5.23. The molecule has 13 heavy (non-hydrogen) atoms. The average molecular weight is 187 g/mol. The number of hydrogen-bond acceptors (Lipinski definition) is 3. The van der Waals surface area contributed by atoms with Gasteiger partial charge in [0.05, 0.1) is 12.2 Å². The molecule has 1 rings (SSSR count). The molecule has 0 aliphatic carbocycles. The van der Waals surface area contributed by atoms with Gasteiger partial charge in [0.1, 0.15) is 0 Å². The third kappa shape index (κ3) is 2.66. The Hall–Kier alpha value is -0.120. The lowest BCUT2D eigenvalue weighted by Gasteiger charge is -2.37. The summed E-state index contributed by atoms with van der Waals surface area (Å²) in [5, 5.41) is 10.2. The van der Waals surface area contributed by atoms with Crippen LogP contribution in [-0.4, -0.2) is 30.5 Å². The van der Waals surface area contributed by atoms with Crippen LogP contribution >= 0.6 is 0 Å². The molecule has 0 aromatic carbocycles. The molecule has 0 bridgehead atoms. The Morgan fingerprint density at radius 2 is 2.38 bits per heavy atom. The van der Waals surface area contributed by atoms with Crippen LogP contribution in [0.5, 0.6) is 0 Å². The predicted octanol–water partition coefficient (Wildman–Crippen LogP) is 0.903. The summed E-state index contributed by atoms with van der Waals surface area (Å²) in [5.74, 6) is 0.242. The summed E-state index contributed by atoms with van der Waals surface area (Å²) in [6, 6.07) is 0. The van der Waals surface area contributed by atoms with Crippen LogP contribution < -0.4 is 5.73 Å². The maximum atomic E-state index is 10.2. The van der Waals surface area contributed by atoms with Gasteiger partial charge >= 0.3 is 0 Å². The molecule has 3 N–H and O–H groups in total. The van der Waals surface area contributed by atoms with E-state index in [4.69, 9.17) is 10.5 Å². The van der Waals surface area contributed by atoms with E-state index in [-0.39, 0.29) is 5.92 Å². The zero-order valence-electron chi connectivity index (χ0n) is 8.46. The van der Waals surface area contributed by atoms with Gasteiger partial charge in [0, 0.05) is 19.1 Å². The Balaban J connectivity index is 2.51. The molecule has 3 nitrogen and oxygen atoms in total. The van der Waals surface area contributed by atoms with Gasteiger partial charge in [-0.2, -0.15) is 0 Å². The van der Waals surface area contributed by atoms with E-state index in [1.165, 1.54) is 0 Å². The van der Waals surface area contributed by atoms with E-state index in [0.717, 1.165) is 32.3 Å². The van der Waals surface area contributed by atoms with E-state index in [1.807, 2.05) is 0 Å². The minimum atomic E-state index is -0.685. The van der Waals surface area contributed by atoms with Gasteiger partial charge in [-0.1, -0.05) is 13.3 Å². The lowest BCUT2D eigenvalue weighted by Crippen LogP contribution is -2.48. The number of nitrogens with two attached hydrogens (primary N) is 1. The second-order valence-electron chi connectivity index (χ2n) is 3.97. The third-order valence-electron chi connectivity index (χ3n) is 2.96. The third-order valence-corrected chi connectivity index (χ3v) is 2.96. The topological polar surface area (TPSA) is 55.5 Å². The fourth-order valence-corrected chi connectivity index (χ4v) is 2.07. The Labute approximate surface area is 80.3 Å². The highest BCUT2D eigenvalue weighted by Crippen LogP contribution is 2.29. The zero-order chi connectivity index (χ0) is 9.73. The quantitative estimate of drug-likeness (QED) is 0.687. The molecule has 0 amide bonds. The van der Waals surface area contributed by atoms with Crippen molar-refractivity contribution in [2.75, 3.05) is 19.8 Å². The molecule has 1 fully saturated rings. The van der Waals surface area contributed by atoms with Gasteiger partial charge in [0.2, 0.25) is 0 Å². The van der Waals surface area contributed by atoms with Crippen molar-refractivity contribution in [1.29, 1.82) is 0 Å². The fourth-order valence-electron chi connectivity index (χ4n) is 2.07. The average Bonchev–Trinajstić information content (AvgIpc) is 2.19. The molecule has 2 unspecified atom stereocenters. The number of hydrogen-bond donors (Lipinski definition) is 2. The summed E-state index contributed by atoms with van der Waals surface area (Å²) in [6.45, 7) is 3.94. The number of rotatable bonds is 4. The fraction of sp³-hybridized carbons (Fsp3) is 1.00. The largest absolute Gasteiger partial charge is 0.388 e. The van der Waals surface area contributed by atoms with Crippen molar-refractivity contribution in [2.45, 2.75) is 38.2 Å². The van der Waals surface area contributed by atoms with E-state index in [2.05, 4.69) is 6.92 Å². The highest BCUT2D eigenvalue weighted by molar-refractivity contribution is 4.88. The molecule has 3 heteroatoms. The highest BCUT2D eigenvalue weighted by Gasteiger charge is 2.35. The Morgan fingerprint density at radius 3 is 2.85 bits per heavy atom. The standard InChI is InChI=1S/C10H21NO2/c1-2-5-10(12,8-11)9-4-3-6-13-7-9/h9,12H,2-8,11H2,1H3. The second-order valence-corrected chi connectivity index (χ2v) is 3.97. The smallest absolute Gasteiger partial charge is 0.0819 e. The van der Waals surface area contributed by atoms with E-state index in [0.29, 0.717) is 13.2 Å². The Morgan fingerprint density at radius 1 is 1.62 bits per heavy atom. The summed E-state index contributed by atoms with van der Waals surface area (Å²) in [6.07, 6.45) is 3.87. The summed E-state index contributed by atoms with van der Waals surface area (Å²) in [5.41, 5.74) is 4.93. The van der Waals surface area contributed by atoms with Crippen molar-refractivity contribution in [3.63, 3.8) is 0 Å². The molecule has 0 aromatic rings. The molecule has 1 saturated heterocycles. The molecule has 2 atom stereocenters. The van der Waals surface area contributed by atoms with Crippen molar-refractivity contribution in [3.8, 4) is 0 Å². The lowest BCUT2D eigenvalue weighted by molar-refractivity contribution is -0.0781. The molecule has 0 spiro atoms. The van der Waals surface area contributed by atoms with Crippen molar-refractivity contribution in [3.05, 3.63) is 0 Å². The maximum absolute atomic E-state index is 10.2. The number of ether oxygens (including phenoxy) is 1. The molecule has 0 saturated carbocycles. The van der Waals surface area contributed by atoms with Crippen LogP contribution in [0.4, 0.5) is 0 Å². The zero-order valence-corrected chi connectivity index (χ0v) is 8.46. The SMILES string of the molecule is CCCC(O)(CN)C1CCCOC1. The van der Waals surface area contributed by atoms with Crippen molar-refractivity contribution >= 4 is 0 Å². The van der Waals surface area contributed by atoms with E-state index in [1.54, 1.807) is 0 Å². The van der Waals surface area contributed by atoms with Crippen molar-refractivity contribution in [1.82, 2.24) is 0 Å². The van der Waals surface area contributed by atoms with E-state index >= 15 is 0 Å². The summed E-state index contributed by atoms with van der Waals surface area (Å²) >= 11 is 0. The van der Waals surface area contributed by atoms with E-state index in [9.17, 15) is 5.11 Å². The Bertz CT molecular complexity index is 146. The minimum absolute atomic E-state index is 0.242. The summed E-state index contributed by atoms with van der Waals surface area (Å²) < 4.78 is 5.36. The molecular formula is C10H21NO2. The molecule has 1 heterocycles. The Kier molecular flexibility index (Phi) is 4.16. The molecular weight excluding hydrogens is 166 g/mol. The molecule has 1 aliphatic rings. The maximum Gasteiger partial charge on any atom is 0.0819 e. The molecule has 0 aromatic heterocycles. The van der Waals surface area contributed by atoms with Gasteiger partial charge in [-0.15, -0.1) is 0 Å². The van der Waals surface area contributed by atoms with Crippen LogP contribution in [0.2, 0.25) is 0 Å². The molecule has 0 radical (unpaired) electrons. The van der Waals surface area contributed by atoms with Gasteiger partial charge in [-0.05, 0) is 19.3 Å². The van der Waals surface area contributed by atoms with Gasteiger partial charge in [0.25, 0.3) is 0 Å². The van der Waals surface area contributed by atoms with Crippen LogP contribution in [0.15, 0.2) is 0 Å². The highest BCUT2D eigenvalue weighted by atomic mass is 16.5. The van der Waals surface area contributed by atoms with Gasteiger partial charge in [0.15, 0.2) is 0 Å². The second kappa shape index (κ2) is 4.94. The van der Waals surface area contributed by atoms with Crippen molar-refractivity contribution in [2.24, 2.45) is 11.7 Å². The molecule has 78 valence electrons. The first-order chi connectivity index (χ1) is 6.23. The normalized spacial score (nSPS) is 28.4. The minimum Gasteiger partial charge on any atom is -0.388 e. The van der Waals surface area contributed by atoms with E-state index < -0.39 is 5.60 Å². The first-order valence-corrected chi connectivity index (χ1v) is 5.23. The predicted molar refractivity (Wildman–Crippen MR) is 52.5 cm³/mol. The van der Waals surface area contributed by atoms with Gasteiger partial charge in [-0.25, -0.2) is 0 Å². The van der Waals surface area contributed by atoms with Gasteiger partial charge in [-0.3, -0.25) is 0 Å².